The average Bonchev–Trinajstić information content (AvgIpc) is 3.42. The van der Waals surface area contributed by atoms with Gasteiger partial charge in [0.2, 0.25) is 5.91 Å². The Kier molecular flexibility index (Phi) is 5.26. The van der Waals surface area contributed by atoms with Crippen LogP contribution in [0.5, 0.6) is 0 Å². The van der Waals surface area contributed by atoms with Gasteiger partial charge in [0.1, 0.15) is 17.9 Å². The van der Waals surface area contributed by atoms with E-state index in [1.54, 1.807) is 40.7 Å². The van der Waals surface area contributed by atoms with Crippen LogP contribution in [-0.4, -0.2) is 46.6 Å². The quantitative estimate of drug-likeness (QED) is 0.544. The normalized spacial score (nSPS) is 17.2. The smallest absolute Gasteiger partial charge is 0.407 e. The minimum Gasteiger partial charge on any atom is -0.453 e. The topological polar surface area (TPSA) is 87.3 Å². The minimum atomic E-state index is -0.688. The number of rotatable bonds is 4. The largest absolute Gasteiger partial charge is 0.453 e. The molecular formula is C18H17BrN4O3S2. The highest BCUT2D eigenvalue weighted by Crippen LogP contribution is 2.40. The van der Waals surface area contributed by atoms with Crippen molar-refractivity contribution in [1.82, 2.24) is 20.2 Å². The Morgan fingerprint density at radius 3 is 2.93 bits per heavy atom. The monoisotopic (exact) mass is 480 g/mol. The molecule has 2 N–H and O–H groups in total. The second-order valence-electron chi connectivity index (χ2n) is 6.29. The number of ether oxygens (including phenoxy) is 1. The SMILES string of the molecule is COC(=O)N[C@H](C)C(=O)N1CC=C[C@H]1c1ncc(-c2cc3sc(Br)cc3s2)[nH]1. The van der Waals surface area contributed by atoms with Crippen LogP contribution in [0, 0.1) is 0 Å². The molecular weight excluding hydrogens is 464 g/mol. The summed E-state index contributed by atoms with van der Waals surface area (Å²) in [6.07, 6.45) is 5.03. The lowest BCUT2D eigenvalue weighted by molar-refractivity contribution is -0.133. The number of imidazole rings is 1. The number of hydrogen-bond acceptors (Lipinski definition) is 6. The lowest BCUT2D eigenvalue weighted by Crippen LogP contribution is -2.47. The molecule has 0 radical (unpaired) electrons. The van der Waals surface area contributed by atoms with Gasteiger partial charge in [-0.1, -0.05) is 12.2 Å². The molecule has 3 aromatic heterocycles. The van der Waals surface area contributed by atoms with Crippen LogP contribution in [0.1, 0.15) is 18.8 Å². The summed E-state index contributed by atoms with van der Waals surface area (Å²) in [4.78, 5) is 34.8. The Balaban J connectivity index is 1.53. The van der Waals surface area contributed by atoms with Crippen LogP contribution >= 0.6 is 38.6 Å². The van der Waals surface area contributed by atoms with Gasteiger partial charge in [-0.2, -0.15) is 0 Å². The van der Waals surface area contributed by atoms with E-state index in [-0.39, 0.29) is 11.9 Å². The second kappa shape index (κ2) is 7.69. The van der Waals surface area contributed by atoms with E-state index in [1.165, 1.54) is 16.5 Å². The highest BCUT2D eigenvalue weighted by atomic mass is 79.9. The van der Waals surface area contributed by atoms with Gasteiger partial charge in [-0.05, 0) is 35.0 Å². The van der Waals surface area contributed by atoms with E-state index >= 15 is 0 Å². The third-order valence-corrected chi connectivity index (χ3v) is 7.28. The number of hydrogen-bond donors (Lipinski definition) is 2. The number of amides is 2. The maximum Gasteiger partial charge on any atom is 0.407 e. The molecule has 4 heterocycles. The van der Waals surface area contributed by atoms with Gasteiger partial charge in [-0.15, -0.1) is 22.7 Å². The van der Waals surface area contributed by atoms with Crippen LogP contribution < -0.4 is 5.32 Å². The van der Waals surface area contributed by atoms with Crippen molar-refractivity contribution >= 4 is 60.0 Å². The van der Waals surface area contributed by atoms with Crippen LogP contribution in [-0.2, 0) is 9.53 Å². The number of methoxy groups -OCH3 is 1. The number of nitrogens with one attached hydrogen (secondary N) is 2. The van der Waals surface area contributed by atoms with Gasteiger partial charge in [-0.3, -0.25) is 4.79 Å². The van der Waals surface area contributed by atoms with Gasteiger partial charge in [0.05, 0.1) is 27.7 Å². The summed E-state index contributed by atoms with van der Waals surface area (Å²) in [6.45, 7) is 2.11. The predicted octanol–water partition coefficient (Wildman–Crippen LogP) is 4.30. The molecule has 7 nitrogen and oxygen atoms in total. The first-order chi connectivity index (χ1) is 13.5. The highest BCUT2D eigenvalue weighted by molar-refractivity contribution is 9.11. The maximum atomic E-state index is 12.7. The lowest BCUT2D eigenvalue weighted by atomic mass is 10.2. The molecule has 0 saturated heterocycles. The number of aromatic nitrogens is 2. The van der Waals surface area contributed by atoms with E-state index in [0.717, 1.165) is 14.4 Å². The van der Waals surface area contributed by atoms with Gasteiger partial charge in [0.15, 0.2) is 0 Å². The number of H-pyrrole nitrogens is 1. The van der Waals surface area contributed by atoms with Gasteiger partial charge >= 0.3 is 6.09 Å². The van der Waals surface area contributed by atoms with Crippen molar-refractivity contribution < 1.29 is 14.3 Å². The number of nitrogens with zero attached hydrogens (tertiary/aromatic N) is 2. The van der Waals surface area contributed by atoms with Gasteiger partial charge < -0.3 is 19.9 Å². The number of thiophene rings is 2. The van der Waals surface area contributed by atoms with E-state index in [9.17, 15) is 9.59 Å². The summed E-state index contributed by atoms with van der Waals surface area (Å²) in [5.41, 5.74) is 0.924. The Bertz CT molecular complexity index is 1040. The molecule has 0 aliphatic carbocycles. The third kappa shape index (κ3) is 3.59. The number of halogens is 1. The molecule has 1 aliphatic rings. The summed E-state index contributed by atoms with van der Waals surface area (Å²) in [5, 5.41) is 2.51. The summed E-state index contributed by atoms with van der Waals surface area (Å²) in [7, 11) is 1.27. The highest BCUT2D eigenvalue weighted by Gasteiger charge is 2.32. The number of fused-ring (bicyclic) bond motifs is 1. The number of alkyl carbamates (subject to hydrolysis) is 1. The first-order valence-electron chi connectivity index (χ1n) is 8.52. The fourth-order valence-corrected chi connectivity index (χ4v) is 6.07. The molecule has 3 aromatic rings. The van der Waals surface area contributed by atoms with E-state index in [1.807, 2.05) is 12.2 Å². The Hall–Kier alpha value is -2.17. The zero-order valence-corrected chi connectivity index (χ0v) is 18.3. The van der Waals surface area contributed by atoms with Crippen LogP contribution in [0.15, 0.2) is 34.3 Å². The zero-order valence-electron chi connectivity index (χ0n) is 15.1. The predicted molar refractivity (Wildman–Crippen MR) is 114 cm³/mol. The van der Waals surface area contributed by atoms with Crippen LogP contribution in [0.2, 0.25) is 0 Å². The van der Waals surface area contributed by atoms with E-state index in [0.29, 0.717) is 12.4 Å². The second-order valence-corrected chi connectivity index (χ2v) is 9.84. The summed E-state index contributed by atoms with van der Waals surface area (Å²) in [5.74, 6) is 0.500. The molecule has 0 fully saturated rings. The van der Waals surface area contributed by atoms with Crippen molar-refractivity contribution in [2.24, 2.45) is 0 Å². The molecule has 28 heavy (non-hydrogen) atoms. The molecule has 0 unspecified atom stereocenters. The fourth-order valence-electron chi connectivity index (χ4n) is 3.08. The van der Waals surface area contributed by atoms with Crippen LogP contribution in [0.3, 0.4) is 0 Å². The van der Waals surface area contributed by atoms with Crippen LogP contribution in [0.4, 0.5) is 4.79 Å². The molecule has 0 saturated carbocycles. The fraction of sp³-hybridized carbons (Fsp3) is 0.278. The number of aromatic amines is 1. The zero-order chi connectivity index (χ0) is 19.8. The van der Waals surface area contributed by atoms with Crippen LogP contribution in [0.25, 0.3) is 20.0 Å². The Labute approximate surface area is 177 Å². The summed E-state index contributed by atoms with van der Waals surface area (Å²) < 4.78 is 8.13. The minimum absolute atomic E-state index is 0.195. The average molecular weight is 481 g/mol. The third-order valence-electron chi connectivity index (χ3n) is 4.45. The molecule has 2 atom stereocenters. The number of carbonyl (C=O) groups is 2. The lowest BCUT2D eigenvalue weighted by Gasteiger charge is -2.26. The maximum absolute atomic E-state index is 12.7. The van der Waals surface area contributed by atoms with Crippen molar-refractivity contribution in [3.8, 4) is 10.6 Å². The molecule has 2 amide bonds. The first kappa shape index (κ1) is 19.2. The molecule has 10 heteroatoms. The van der Waals surface area contributed by atoms with E-state index in [2.05, 4.69) is 48.1 Å². The molecule has 0 aromatic carbocycles. The van der Waals surface area contributed by atoms with Crippen molar-refractivity contribution in [3.63, 3.8) is 0 Å². The molecule has 4 rings (SSSR count). The van der Waals surface area contributed by atoms with E-state index in [4.69, 9.17) is 0 Å². The standard InChI is InChI=1S/C18H17BrN4O3S2/c1-9(21-18(25)26-2)17(24)23-5-3-4-11(23)16-20-8-10(22-16)12-6-13-14(27-12)7-15(19)28-13/h3-4,6-9,11H,5H2,1-2H3,(H,20,22)(H,21,25)/t9-,11+/m1/s1. The van der Waals surface area contributed by atoms with E-state index < -0.39 is 12.1 Å². The van der Waals surface area contributed by atoms with Gasteiger partial charge in [0, 0.05) is 15.9 Å². The number of carbonyl (C=O) groups excluding carboxylic acids is 2. The first-order valence-corrected chi connectivity index (χ1v) is 10.9. The van der Waals surface area contributed by atoms with Crippen molar-refractivity contribution in [2.45, 2.75) is 19.0 Å². The summed E-state index contributed by atoms with van der Waals surface area (Å²) >= 11 is 6.91. The molecule has 146 valence electrons. The Morgan fingerprint density at radius 2 is 2.18 bits per heavy atom. The summed E-state index contributed by atoms with van der Waals surface area (Å²) in [6, 6.07) is 3.27. The van der Waals surface area contributed by atoms with Crippen molar-refractivity contribution in [1.29, 1.82) is 0 Å². The van der Waals surface area contributed by atoms with Gasteiger partial charge in [-0.25, -0.2) is 9.78 Å². The molecule has 1 aliphatic heterocycles. The Morgan fingerprint density at radius 1 is 1.39 bits per heavy atom. The molecule has 0 spiro atoms. The van der Waals surface area contributed by atoms with Crippen molar-refractivity contribution in [3.05, 3.63) is 40.1 Å². The molecule has 0 bridgehead atoms. The van der Waals surface area contributed by atoms with Gasteiger partial charge in [0.25, 0.3) is 0 Å². The van der Waals surface area contributed by atoms with Crippen molar-refractivity contribution in [2.75, 3.05) is 13.7 Å².